The second-order valence-electron chi connectivity index (χ2n) is 5.19. The molecule has 2 fully saturated rings. The predicted molar refractivity (Wildman–Crippen MR) is 78.3 cm³/mol. The average Bonchev–Trinajstić information content (AvgIpc) is 2.94. The zero-order chi connectivity index (χ0) is 12.2. The Bertz CT molecular complexity index is 357. The molecule has 0 aromatic carbocycles. The molecule has 1 atom stereocenters. The van der Waals surface area contributed by atoms with Crippen LogP contribution in [0.3, 0.4) is 0 Å². The Balaban J connectivity index is 1.49. The molecule has 2 aliphatic rings. The van der Waals surface area contributed by atoms with Gasteiger partial charge in [0, 0.05) is 49.0 Å². The summed E-state index contributed by atoms with van der Waals surface area (Å²) in [6.07, 6.45) is 7.66. The fourth-order valence-corrected chi connectivity index (χ4v) is 4.02. The van der Waals surface area contributed by atoms with Gasteiger partial charge in [0.15, 0.2) is 0 Å². The van der Waals surface area contributed by atoms with Crippen molar-refractivity contribution in [3.05, 3.63) is 24.5 Å². The van der Waals surface area contributed by atoms with E-state index in [9.17, 15) is 0 Å². The van der Waals surface area contributed by atoms with Gasteiger partial charge in [0.1, 0.15) is 0 Å². The number of hydrogen-bond donors (Lipinski definition) is 1. The molecule has 1 aromatic rings. The lowest BCUT2D eigenvalue weighted by atomic mass is 10.0. The molecule has 2 aliphatic heterocycles. The smallest absolute Gasteiger partial charge is 0.0397 e. The van der Waals surface area contributed by atoms with Crippen LogP contribution >= 0.6 is 11.8 Å². The Morgan fingerprint density at radius 2 is 1.89 bits per heavy atom. The van der Waals surface area contributed by atoms with Gasteiger partial charge in [-0.25, -0.2) is 0 Å². The van der Waals surface area contributed by atoms with Crippen LogP contribution in [0.25, 0.3) is 0 Å². The van der Waals surface area contributed by atoms with Gasteiger partial charge in [-0.3, -0.25) is 4.98 Å². The maximum absolute atomic E-state index is 4.08. The SMILES string of the molecule is c1cc(N2CCC(NC3CCSC3)CC2)ccn1. The highest BCUT2D eigenvalue weighted by Gasteiger charge is 2.23. The van der Waals surface area contributed by atoms with E-state index in [2.05, 4.69) is 39.1 Å². The first-order valence-electron chi connectivity index (χ1n) is 6.90. The van der Waals surface area contributed by atoms with Gasteiger partial charge in [-0.2, -0.15) is 11.8 Å². The Labute approximate surface area is 113 Å². The van der Waals surface area contributed by atoms with Gasteiger partial charge in [-0.05, 0) is 37.1 Å². The van der Waals surface area contributed by atoms with E-state index in [0.29, 0.717) is 0 Å². The summed E-state index contributed by atoms with van der Waals surface area (Å²) in [4.78, 5) is 6.56. The van der Waals surface area contributed by atoms with E-state index in [0.717, 1.165) is 12.1 Å². The van der Waals surface area contributed by atoms with Crippen molar-refractivity contribution < 1.29 is 0 Å². The standard InChI is InChI=1S/C14H21N3S/c1-6-15-7-2-14(1)17-8-3-12(4-9-17)16-13-5-10-18-11-13/h1-2,6-7,12-13,16H,3-5,8-11H2. The molecule has 0 aliphatic carbocycles. The first-order chi connectivity index (χ1) is 8.92. The first-order valence-corrected chi connectivity index (χ1v) is 8.06. The molecule has 3 heterocycles. The fraction of sp³-hybridized carbons (Fsp3) is 0.643. The van der Waals surface area contributed by atoms with Crippen molar-refractivity contribution in [1.29, 1.82) is 0 Å². The molecule has 3 nitrogen and oxygen atoms in total. The Morgan fingerprint density at radius 1 is 1.11 bits per heavy atom. The minimum absolute atomic E-state index is 0.729. The number of aromatic nitrogens is 1. The lowest BCUT2D eigenvalue weighted by molar-refractivity contribution is 0.379. The molecule has 4 heteroatoms. The molecule has 0 radical (unpaired) electrons. The lowest BCUT2D eigenvalue weighted by Crippen LogP contribution is -2.46. The third-order valence-electron chi connectivity index (χ3n) is 3.92. The highest BCUT2D eigenvalue weighted by atomic mass is 32.2. The van der Waals surface area contributed by atoms with Crippen LogP contribution in [0, 0.1) is 0 Å². The van der Waals surface area contributed by atoms with E-state index in [1.807, 2.05) is 12.4 Å². The highest BCUT2D eigenvalue weighted by Crippen LogP contribution is 2.22. The third-order valence-corrected chi connectivity index (χ3v) is 5.09. The summed E-state index contributed by atoms with van der Waals surface area (Å²) >= 11 is 2.09. The summed E-state index contributed by atoms with van der Waals surface area (Å²) in [7, 11) is 0. The zero-order valence-corrected chi connectivity index (χ0v) is 11.5. The Kier molecular flexibility index (Phi) is 4.06. The van der Waals surface area contributed by atoms with Crippen molar-refractivity contribution >= 4 is 17.4 Å². The van der Waals surface area contributed by atoms with Crippen molar-refractivity contribution in [2.24, 2.45) is 0 Å². The van der Waals surface area contributed by atoms with Gasteiger partial charge in [0.2, 0.25) is 0 Å². The molecule has 98 valence electrons. The van der Waals surface area contributed by atoms with Crippen LogP contribution in [0.4, 0.5) is 5.69 Å². The second-order valence-corrected chi connectivity index (χ2v) is 6.34. The highest BCUT2D eigenvalue weighted by molar-refractivity contribution is 7.99. The van der Waals surface area contributed by atoms with Crippen LogP contribution in [-0.4, -0.2) is 41.7 Å². The number of nitrogens with zero attached hydrogens (tertiary/aromatic N) is 2. The molecule has 0 bridgehead atoms. The molecule has 2 saturated heterocycles. The van der Waals surface area contributed by atoms with Crippen molar-refractivity contribution in [3.8, 4) is 0 Å². The third kappa shape index (κ3) is 2.98. The number of hydrogen-bond acceptors (Lipinski definition) is 4. The average molecular weight is 263 g/mol. The summed E-state index contributed by atoms with van der Waals surface area (Å²) in [5.74, 6) is 2.65. The van der Waals surface area contributed by atoms with Gasteiger partial charge in [0.05, 0.1) is 0 Å². The quantitative estimate of drug-likeness (QED) is 0.904. The number of pyridine rings is 1. The molecule has 0 saturated carbocycles. The number of anilines is 1. The molecule has 1 N–H and O–H groups in total. The summed E-state index contributed by atoms with van der Waals surface area (Å²) < 4.78 is 0. The molecule has 1 aromatic heterocycles. The maximum atomic E-state index is 4.08. The normalized spacial score (nSPS) is 25.6. The zero-order valence-electron chi connectivity index (χ0n) is 10.7. The summed E-state index contributed by atoms with van der Waals surface area (Å²) in [6, 6.07) is 5.72. The molecular weight excluding hydrogens is 242 g/mol. The van der Waals surface area contributed by atoms with Crippen LogP contribution in [0.2, 0.25) is 0 Å². The fourth-order valence-electron chi connectivity index (χ4n) is 2.86. The molecular formula is C14H21N3S. The first kappa shape index (κ1) is 12.3. The Hall–Kier alpha value is -0.740. The van der Waals surface area contributed by atoms with Crippen molar-refractivity contribution in [1.82, 2.24) is 10.3 Å². The molecule has 1 unspecified atom stereocenters. The number of piperidine rings is 1. The van der Waals surface area contributed by atoms with Gasteiger partial charge in [-0.15, -0.1) is 0 Å². The van der Waals surface area contributed by atoms with Gasteiger partial charge in [-0.1, -0.05) is 0 Å². The van der Waals surface area contributed by atoms with E-state index in [4.69, 9.17) is 0 Å². The van der Waals surface area contributed by atoms with Crippen LogP contribution in [0.1, 0.15) is 19.3 Å². The van der Waals surface area contributed by atoms with Crippen LogP contribution in [0.15, 0.2) is 24.5 Å². The Morgan fingerprint density at radius 3 is 2.56 bits per heavy atom. The second kappa shape index (κ2) is 5.93. The number of nitrogens with one attached hydrogen (secondary N) is 1. The van der Waals surface area contributed by atoms with E-state index < -0.39 is 0 Å². The van der Waals surface area contributed by atoms with Gasteiger partial charge < -0.3 is 10.2 Å². The van der Waals surface area contributed by atoms with E-state index in [1.165, 1.54) is 49.5 Å². The predicted octanol–water partition coefficient (Wildman–Crippen LogP) is 2.15. The van der Waals surface area contributed by atoms with E-state index >= 15 is 0 Å². The van der Waals surface area contributed by atoms with Gasteiger partial charge in [0.25, 0.3) is 0 Å². The minimum Gasteiger partial charge on any atom is -0.371 e. The maximum Gasteiger partial charge on any atom is 0.0397 e. The monoisotopic (exact) mass is 263 g/mol. The van der Waals surface area contributed by atoms with Crippen LogP contribution < -0.4 is 10.2 Å². The lowest BCUT2D eigenvalue weighted by Gasteiger charge is -2.35. The van der Waals surface area contributed by atoms with Crippen LogP contribution in [0.5, 0.6) is 0 Å². The van der Waals surface area contributed by atoms with Crippen LogP contribution in [-0.2, 0) is 0 Å². The molecule has 3 rings (SSSR count). The van der Waals surface area contributed by atoms with Crippen molar-refractivity contribution in [2.45, 2.75) is 31.3 Å². The minimum atomic E-state index is 0.729. The van der Waals surface area contributed by atoms with E-state index in [-0.39, 0.29) is 0 Å². The molecule has 18 heavy (non-hydrogen) atoms. The van der Waals surface area contributed by atoms with Crippen molar-refractivity contribution in [2.75, 3.05) is 29.5 Å². The number of thioether (sulfide) groups is 1. The molecule has 0 spiro atoms. The van der Waals surface area contributed by atoms with Crippen molar-refractivity contribution in [3.63, 3.8) is 0 Å². The molecule has 0 amide bonds. The van der Waals surface area contributed by atoms with Gasteiger partial charge >= 0.3 is 0 Å². The number of rotatable bonds is 3. The topological polar surface area (TPSA) is 28.2 Å². The summed E-state index contributed by atoms with van der Waals surface area (Å²) in [5, 5.41) is 3.83. The summed E-state index contributed by atoms with van der Waals surface area (Å²) in [6.45, 7) is 2.34. The largest absolute Gasteiger partial charge is 0.371 e. The summed E-state index contributed by atoms with van der Waals surface area (Å²) in [5.41, 5.74) is 1.32. The van der Waals surface area contributed by atoms with E-state index in [1.54, 1.807) is 0 Å².